The Bertz CT molecular complexity index is 2170. The number of nitrogens with one attached hydrogen (secondary N) is 4. The molecule has 1 aliphatic carbocycles. The summed E-state index contributed by atoms with van der Waals surface area (Å²) in [6.07, 6.45) is 1.81. The highest BCUT2D eigenvalue weighted by molar-refractivity contribution is 7.07. The van der Waals surface area contributed by atoms with Crippen LogP contribution in [0.2, 0.25) is 0 Å². The first kappa shape index (κ1) is 45.7. The third-order valence-corrected chi connectivity index (χ3v) is 10.1. The molecule has 2 aliphatic rings. The number of amides is 5. The quantitative estimate of drug-likeness (QED) is 0.0687. The van der Waals surface area contributed by atoms with Gasteiger partial charge in [-0.15, -0.1) is 11.3 Å². The van der Waals surface area contributed by atoms with E-state index in [1.807, 2.05) is 22.4 Å². The van der Waals surface area contributed by atoms with Gasteiger partial charge in [0, 0.05) is 59.9 Å². The second-order valence-electron chi connectivity index (χ2n) is 14.4. The van der Waals surface area contributed by atoms with E-state index in [0.717, 1.165) is 56.2 Å². The van der Waals surface area contributed by atoms with Gasteiger partial charge in [0.05, 0.1) is 22.9 Å². The van der Waals surface area contributed by atoms with Crippen molar-refractivity contribution in [2.24, 2.45) is 5.73 Å². The monoisotopic (exact) mass is 865 g/mol. The maximum atomic E-state index is 13.5. The van der Waals surface area contributed by atoms with Crippen LogP contribution in [0, 0.1) is 0 Å². The number of carbonyl (C=O) groups is 6. The lowest BCUT2D eigenvalue weighted by Crippen LogP contribution is -2.42. The van der Waals surface area contributed by atoms with Crippen LogP contribution in [-0.4, -0.2) is 88.5 Å². The number of benzene rings is 3. The molecule has 1 saturated carbocycles. The Hall–Kier alpha value is -6.34. The number of aromatic nitrogens is 1. The number of halogens is 3. The van der Waals surface area contributed by atoms with Crippen molar-refractivity contribution in [2.45, 2.75) is 76.2 Å². The second kappa shape index (κ2) is 21.8. The lowest BCUT2D eigenvalue weighted by molar-refractivity contribution is -0.192. The third-order valence-electron chi connectivity index (χ3n) is 9.49. The summed E-state index contributed by atoms with van der Waals surface area (Å²) in [5.41, 5.74) is 11.8. The van der Waals surface area contributed by atoms with Crippen LogP contribution in [-0.2, 0) is 27.3 Å². The number of unbranched alkanes of at least 4 members (excludes halogenated alkanes) is 4. The molecular weight excluding hydrogens is 820 g/mol. The van der Waals surface area contributed by atoms with E-state index in [2.05, 4.69) is 26.3 Å². The van der Waals surface area contributed by atoms with Crippen LogP contribution >= 0.6 is 11.3 Å². The zero-order chi connectivity index (χ0) is 43.9. The molecule has 7 N–H and O–H groups in total. The molecule has 3 aromatic carbocycles. The maximum absolute atomic E-state index is 13.5. The summed E-state index contributed by atoms with van der Waals surface area (Å²) in [5, 5.41) is 20.5. The van der Waals surface area contributed by atoms with Crippen molar-refractivity contribution in [2.75, 3.05) is 30.3 Å². The van der Waals surface area contributed by atoms with E-state index in [0.29, 0.717) is 59.9 Å². The Morgan fingerprint density at radius 3 is 2.23 bits per heavy atom. The zero-order valence-electron chi connectivity index (χ0n) is 33.0. The van der Waals surface area contributed by atoms with E-state index in [1.54, 1.807) is 60.1 Å². The molecule has 0 saturated heterocycles. The minimum absolute atomic E-state index is 0.0853. The second-order valence-corrected chi connectivity index (χ2v) is 15.1. The molecule has 15 nitrogen and oxygen atoms in total. The number of aliphatic carboxylic acids is 1. The number of thiazole rings is 1. The standard InChI is InChI=1S/C40H45N7O6S.C2HF3O2/c41-33(21-31-24-54-25-44-31)39(51)43-18-5-3-1-2-4-17-42-37(49)28-7-6-8-30(19-28)45-38(50)27-11-9-26(10-12-27)22-47(32-14-15-32)40(52)29-13-16-34-35(20-29)53-23-36(48)46-34;3-2(4,5)1(6)7/h6-13,16,19-20,24-25,32-33H,1-5,14-15,17-18,21-23,41H2,(H,42,49)(H,43,51)(H,45,50)(H,46,48);(H,6,7)/t33-;/m0./s1. The van der Waals surface area contributed by atoms with Crippen LogP contribution in [0.5, 0.6) is 5.75 Å². The summed E-state index contributed by atoms with van der Waals surface area (Å²) in [7, 11) is 0. The van der Waals surface area contributed by atoms with Crippen LogP contribution in [0.4, 0.5) is 24.5 Å². The SMILES string of the molecule is N[C@@H](Cc1cscn1)C(=O)NCCCCCCCNC(=O)c1cccc(NC(=O)c2ccc(CN(C(=O)c3ccc4c(c3)OCC(=O)N4)C3CC3)cc2)c1.O=C(O)C(F)(F)F. The molecule has 0 radical (unpaired) electrons. The number of carboxylic acids is 1. The normalized spacial score (nSPS) is 13.5. The first-order chi connectivity index (χ1) is 29.2. The summed E-state index contributed by atoms with van der Waals surface area (Å²) in [6, 6.07) is 18.5. The molecule has 2 heterocycles. The first-order valence-corrected chi connectivity index (χ1v) is 20.5. The number of nitrogens with two attached hydrogens (primary N) is 1. The molecule has 4 aromatic rings. The van der Waals surface area contributed by atoms with Gasteiger partial charge in [0.2, 0.25) is 5.91 Å². The van der Waals surface area contributed by atoms with Crippen LogP contribution in [0.1, 0.15) is 87.3 Å². The highest BCUT2D eigenvalue weighted by Crippen LogP contribution is 2.33. The van der Waals surface area contributed by atoms with Crippen LogP contribution in [0.15, 0.2) is 77.6 Å². The number of anilines is 2. The summed E-state index contributed by atoms with van der Waals surface area (Å²) < 4.78 is 37.2. The van der Waals surface area contributed by atoms with Gasteiger partial charge in [-0.25, -0.2) is 9.78 Å². The molecule has 1 aromatic heterocycles. The van der Waals surface area contributed by atoms with Crippen LogP contribution in [0.25, 0.3) is 0 Å². The van der Waals surface area contributed by atoms with Gasteiger partial charge in [-0.3, -0.25) is 24.0 Å². The molecule has 19 heteroatoms. The number of fused-ring (bicyclic) bond motifs is 1. The van der Waals surface area contributed by atoms with Gasteiger partial charge in [-0.05, 0) is 79.8 Å². The van der Waals surface area contributed by atoms with E-state index in [4.69, 9.17) is 20.4 Å². The molecule has 1 atom stereocenters. The number of ether oxygens (including phenoxy) is 1. The van der Waals surface area contributed by atoms with E-state index >= 15 is 0 Å². The Kier molecular flexibility index (Phi) is 16.3. The van der Waals surface area contributed by atoms with E-state index in [-0.39, 0.29) is 42.2 Å². The van der Waals surface area contributed by atoms with Gasteiger partial charge in [-0.1, -0.05) is 37.5 Å². The topological polar surface area (TPSA) is 222 Å². The number of carboxylic acid groups (broad SMARTS) is 1. The van der Waals surface area contributed by atoms with Crippen molar-refractivity contribution < 1.29 is 51.8 Å². The van der Waals surface area contributed by atoms with Crippen molar-refractivity contribution in [1.29, 1.82) is 0 Å². The number of nitrogens with zero attached hydrogens (tertiary/aromatic N) is 2. The predicted octanol–water partition coefficient (Wildman–Crippen LogP) is 5.53. The molecule has 61 heavy (non-hydrogen) atoms. The molecule has 0 bridgehead atoms. The molecule has 0 spiro atoms. The zero-order valence-corrected chi connectivity index (χ0v) is 33.8. The maximum Gasteiger partial charge on any atom is 0.490 e. The average Bonchev–Trinajstić information content (AvgIpc) is 3.96. The summed E-state index contributed by atoms with van der Waals surface area (Å²) in [6.45, 7) is 1.42. The van der Waals surface area contributed by atoms with Gasteiger partial charge in [0.25, 0.3) is 23.6 Å². The van der Waals surface area contributed by atoms with Crippen molar-refractivity contribution in [1.82, 2.24) is 20.5 Å². The predicted molar refractivity (Wildman–Crippen MR) is 220 cm³/mol. The van der Waals surface area contributed by atoms with E-state index in [1.165, 1.54) is 11.3 Å². The summed E-state index contributed by atoms with van der Waals surface area (Å²) in [4.78, 5) is 78.1. The Balaban J connectivity index is 0.000000925. The number of rotatable bonds is 18. The lowest BCUT2D eigenvalue weighted by Gasteiger charge is -2.24. The van der Waals surface area contributed by atoms with Crippen molar-refractivity contribution >= 4 is 58.2 Å². The van der Waals surface area contributed by atoms with Gasteiger partial charge in [0.15, 0.2) is 6.61 Å². The fourth-order valence-corrected chi connectivity index (χ4v) is 6.68. The van der Waals surface area contributed by atoms with Gasteiger partial charge >= 0.3 is 12.1 Å². The number of hydrogen-bond acceptors (Lipinski definition) is 10. The molecular formula is C42H46F3N7O8S. The average molecular weight is 866 g/mol. The molecule has 1 aliphatic heterocycles. The first-order valence-electron chi connectivity index (χ1n) is 19.5. The number of alkyl halides is 3. The Morgan fingerprint density at radius 2 is 1.57 bits per heavy atom. The molecule has 5 amide bonds. The summed E-state index contributed by atoms with van der Waals surface area (Å²) >= 11 is 1.48. The van der Waals surface area contributed by atoms with Crippen molar-refractivity contribution in [3.05, 3.63) is 106 Å². The van der Waals surface area contributed by atoms with Crippen LogP contribution in [0.3, 0.4) is 0 Å². The third kappa shape index (κ3) is 14.4. The molecule has 1 fully saturated rings. The minimum Gasteiger partial charge on any atom is -0.482 e. The molecule has 6 rings (SSSR count). The Morgan fingerprint density at radius 1 is 0.902 bits per heavy atom. The van der Waals surface area contributed by atoms with Crippen molar-refractivity contribution in [3.63, 3.8) is 0 Å². The fraction of sp³-hybridized carbons (Fsp3) is 0.357. The van der Waals surface area contributed by atoms with E-state index < -0.39 is 18.2 Å². The summed E-state index contributed by atoms with van der Waals surface area (Å²) in [5.74, 6) is -3.32. The van der Waals surface area contributed by atoms with Crippen molar-refractivity contribution in [3.8, 4) is 5.75 Å². The van der Waals surface area contributed by atoms with Gasteiger partial charge in [-0.2, -0.15) is 13.2 Å². The van der Waals surface area contributed by atoms with Gasteiger partial charge in [0.1, 0.15) is 5.75 Å². The fourth-order valence-electron chi connectivity index (χ4n) is 6.11. The number of hydrogen-bond donors (Lipinski definition) is 6. The highest BCUT2D eigenvalue weighted by Gasteiger charge is 2.38. The van der Waals surface area contributed by atoms with Crippen LogP contribution < -0.4 is 31.7 Å². The van der Waals surface area contributed by atoms with E-state index in [9.17, 15) is 37.1 Å². The smallest absolute Gasteiger partial charge is 0.482 e. The Labute approximate surface area is 353 Å². The number of carbonyl (C=O) groups excluding carboxylic acids is 5. The minimum atomic E-state index is -5.08. The largest absolute Gasteiger partial charge is 0.490 e. The van der Waals surface area contributed by atoms with Gasteiger partial charge < -0.3 is 41.7 Å². The molecule has 0 unspecified atom stereocenters. The molecule has 324 valence electrons. The highest BCUT2D eigenvalue weighted by atomic mass is 32.1. The lowest BCUT2D eigenvalue weighted by atomic mass is 10.1.